The lowest BCUT2D eigenvalue weighted by atomic mass is 9.99. The van der Waals surface area contributed by atoms with Gasteiger partial charge in [0.2, 0.25) is 0 Å². The number of rotatable bonds is 5. The van der Waals surface area contributed by atoms with Crippen molar-refractivity contribution in [3.8, 4) is 5.75 Å². The predicted molar refractivity (Wildman–Crippen MR) is 112 cm³/mol. The van der Waals surface area contributed by atoms with Crippen molar-refractivity contribution in [1.82, 2.24) is 0 Å². The van der Waals surface area contributed by atoms with Gasteiger partial charge in [-0.1, -0.05) is 6.92 Å². The average molecular weight is 367 g/mol. The van der Waals surface area contributed by atoms with Crippen molar-refractivity contribution < 1.29 is 9.53 Å². The molecule has 0 unspecified atom stereocenters. The molecule has 0 bridgehead atoms. The molecule has 27 heavy (non-hydrogen) atoms. The number of carbonyl (C=O) groups is 1. The Morgan fingerprint density at radius 2 is 1.48 bits per heavy atom. The molecule has 1 heterocycles. The van der Waals surface area contributed by atoms with Crippen LogP contribution in [0.1, 0.15) is 33.6 Å². The van der Waals surface area contributed by atoms with Gasteiger partial charge in [-0.25, -0.2) is 4.79 Å². The molecule has 0 saturated carbocycles. The standard InChI is InChI=1S/C22H29N3O2/c1-16(2)27-21-10-6-19(7-11-21)24-22(26)23-18-4-8-20(9-5-18)25-14-12-17(3)13-15-25/h4-11,16-17H,12-15H2,1-3H3,(H2,23,24,26). The van der Waals surface area contributed by atoms with Crippen LogP contribution in [-0.2, 0) is 0 Å². The lowest BCUT2D eigenvalue weighted by Crippen LogP contribution is -2.32. The monoisotopic (exact) mass is 367 g/mol. The van der Waals surface area contributed by atoms with Gasteiger partial charge >= 0.3 is 6.03 Å². The van der Waals surface area contributed by atoms with E-state index in [1.54, 1.807) is 0 Å². The summed E-state index contributed by atoms with van der Waals surface area (Å²) in [5.41, 5.74) is 2.72. The van der Waals surface area contributed by atoms with Crippen molar-refractivity contribution in [1.29, 1.82) is 0 Å². The molecule has 2 N–H and O–H groups in total. The Hall–Kier alpha value is -2.69. The Morgan fingerprint density at radius 3 is 2.00 bits per heavy atom. The highest BCUT2D eigenvalue weighted by Crippen LogP contribution is 2.24. The van der Waals surface area contributed by atoms with Crippen LogP contribution >= 0.6 is 0 Å². The van der Waals surface area contributed by atoms with Crippen LogP contribution in [-0.4, -0.2) is 25.2 Å². The summed E-state index contributed by atoms with van der Waals surface area (Å²) in [6, 6.07) is 15.2. The zero-order valence-electron chi connectivity index (χ0n) is 16.4. The van der Waals surface area contributed by atoms with E-state index in [-0.39, 0.29) is 12.1 Å². The highest BCUT2D eigenvalue weighted by atomic mass is 16.5. The maximum Gasteiger partial charge on any atom is 0.323 e. The van der Waals surface area contributed by atoms with Crippen molar-refractivity contribution in [2.45, 2.75) is 39.7 Å². The van der Waals surface area contributed by atoms with E-state index in [0.29, 0.717) is 0 Å². The second-order valence-electron chi connectivity index (χ2n) is 7.49. The molecule has 0 atom stereocenters. The number of urea groups is 1. The van der Waals surface area contributed by atoms with E-state index in [4.69, 9.17) is 4.74 Å². The number of nitrogens with one attached hydrogen (secondary N) is 2. The van der Waals surface area contributed by atoms with Gasteiger partial charge in [0.15, 0.2) is 0 Å². The molecule has 1 aliphatic heterocycles. The Kier molecular flexibility index (Phi) is 6.22. The largest absolute Gasteiger partial charge is 0.491 e. The Balaban J connectivity index is 1.51. The van der Waals surface area contributed by atoms with Gasteiger partial charge in [0.1, 0.15) is 5.75 Å². The topological polar surface area (TPSA) is 53.6 Å². The fraction of sp³-hybridized carbons (Fsp3) is 0.409. The second-order valence-corrected chi connectivity index (χ2v) is 7.49. The number of hydrogen-bond acceptors (Lipinski definition) is 3. The number of piperidine rings is 1. The summed E-state index contributed by atoms with van der Waals surface area (Å²) < 4.78 is 5.60. The van der Waals surface area contributed by atoms with Crippen LogP contribution in [0.3, 0.4) is 0 Å². The number of nitrogens with zero attached hydrogens (tertiary/aromatic N) is 1. The molecular weight excluding hydrogens is 338 g/mol. The van der Waals surface area contributed by atoms with Crippen LogP contribution in [0.25, 0.3) is 0 Å². The summed E-state index contributed by atoms with van der Waals surface area (Å²) in [5, 5.41) is 5.71. The van der Waals surface area contributed by atoms with Crippen LogP contribution in [0.2, 0.25) is 0 Å². The molecular formula is C22H29N3O2. The minimum atomic E-state index is -0.257. The predicted octanol–water partition coefficient (Wildman–Crippen LogP) is 5.35. The van der Waals surface area contributed by atoms with E-state index in [1.165, 1.54) is 18.5 Å². The maximum absolute atomic E-state index is 12.2. The first-order valence-corrected chi connectivity index (χ1v) is 9.69. The van der Waals surface area contributed by atoms with E-state index in [9.17, 15) is 4.79 Å². The molecule has 144 valence electrons. The van der Waals surface area contributed by atoms with Gasteiger partial charge in [-0.2, -0.15) is 0 Å². The quantitative estimate of drug-likeness (QED) is 0.748. The van der Waals surface area contributed by atoms with Crippen LogP contribution in [0.5, 0.6) is 5.75 Å². The zero-order valence-corrected chi connectivity index (χ0v) is 16.4. The van der Waals surface area contributed by atoms with Crippen molar-refractivity contribution in [2.75, 3.05) is 28.6 Å². The number of amides is 2. The van der Waals surface area contributed by atoms with Crippen molar-refractivity contribution in [3.63, 3.8) is 0 Å². The smallest absolute Gasteiger partial charge is 0.323 e. The number of carbonyl (C=O) groups excluding carboxylic acids is 1. The van der Waals surface area contributed by atoms with E-state index in [1.807, 2.05) is 50.2 Å². The highest BCUT2D eigenvalue weighted by Gasteiger charge is 2.15. The van der Waals surface area contributed by atoms with Gasteiger partial charge in [-0.05, 0) is 81.1 Å². The van der Waals surface area contributed by atoms with E-state index < -0.39 is 0 Å². The molecule has 5 nitrogen and oxygen atoms in total. The summed E-state index contributed by atoms with van der Waals surface area (Å²) >= 11 is 0. The molecule has 2 amide bonds. The van der Waals surface area contributed by atoms with Gasteiger partial charge in [-0.15, -0.1) is 0 Å². The molecule has 5 heteroatoms. The summed E-state index contributed by atoms with van der Waals surface area (Å²) in [7, 11) is 0. The third-order valence-electron chi connectivity index (χ3n) is 4.76. The van der Waals surface area contributed by atoms with Gasteiger partial charge in [0.25, 0.3) is 0 Å². The van der Waals surface area contributed by atoms with Crippen molar-refractivity contribution in [2.24, 2.45) is 5.92 Å². The molecule has 2 aromatic rings. The minimum Gasteiger partial charge on any atom is -0.491 e. The molecule has 2 aromatic carbocycles. The highest BCUT2D eigenvalue weighted by molar-refractivity contribution is 5.99. The SMILES string of the molecule is CC1CCN(c2ccc(NC(=O)Nc3ccc(OC(C)C)cc3)cc2)CC1. The number of ether oxygens (including phenoxy) is 1. The molecule has 1 fully saturated rings. The summed E-state index contributed by atoms with van der Waals surface area (Å²) in [6.45, 7) is 8.48. The van der Waals surface area contributed by atoms with Gasteiger partial charge in [0, 0.05) is 30.2 Å². The first-order chi connectivity index (χ1) is 13.0. The Bertz CT molecular complexity index is 733. The van der Waals surface area contributed by atoms with Crippen LogP contribution < -0.4 is 20.3 Å². The second kappa shape index (κ2) is 8.80. The lowest BCUT2D eigenvalue weighted by Gasteiger charge is -2.32. The zero-order chi connectivity index (χ0) is 19.2. The normalized spacial score (nSPS) is 14.9. The third-order valence-corrected chi connectivity index (χ3v) is 4.76. The Labute approximate surface area is 161 Å². The van der Waals surface area contributed by atoms with Crippen molar-refractivity contribution in [3.05, 3.63) is 48.5 Å². The number of hydrogen-bond donors (Lipinski definition) is 2. The van der Waals surface area contributed by atoms with Crippen LogP contribution in [0.4, 0.5) is 21.9 Å². The van der Waals surface area contributed by atoms with Crippen LogP contribution in [0.15, 0.2) is 48.5 Å². The molecule has 0 radical (unpaired) electrons. The molecule has 1 saturated heterocycles. The first kappa shape index (κ1) is 19.1. The lowest BCUT2D eigenvalue weighted by molar-refractivity contribution is 0.242. The van der Waals surface area contributed by atoms with E-state index in [2.05, 4.69) is 34.6 Å². The average Bonchev–Trinajstić information content (AvgIpc) is 2.64. The fourth-order valence-corrected chi connectivity index (χ4v) is 3.20. The fourth-order valence-electron chi connectivity index (χ4n) is 3.20. The summed E-state index contributed by atoms with van der Waals surface area (Å²) in [5.74, 6) is 1.61. The first-order valence-electron chi connectivity index (χ1n) is 9.69. The minimum absolute atomic E-state index is 0.128. The third kappa shape index (κ3) is 5.64. The van der Waals surface area contributed by atoms with Gasteiger partial charge in [-0.3, -0.25) is 0 Å². The van der Waals surface area contributed by atoms with Crippen LogP contribution in [0, 0.1) is 5.92 Å². The van der Waals surface area contributed by atoms with Gasteiger partial charge < -0.3 is 20.3 Å². The maximum atomic E-state index is 12.2. The van der Waals surface area contributed by atoms with Gasteiger partial charge in [0.05, 0.1) is 6.10 Å². The Morgan fingerprint density at radius 1 is 0.963 bits per heavy atom. The molecule has 3 rings (SSSR count). The number of benzene rings is 2. The molecule has 0 aromatic heterocycles. The summed E-state index contributed by atoms with van der Waals surface area (Å²) in [6.07, 6.45) is 2.61. The van der Waals surface area contributed by atoms with Crippen molar-refractivity contribution >= 4 is 23.1 Å². The number of anilines is 3. The summed E-state index contributed by atoms with van der Waals surface area (Å²) in [4.78, 5) is 14.6. The molecule has 0 aliphatic carbocycles. The van der Waals surface area contributed by atoms with E-state index >= 15 is 0 Å². The van der Waals surface area contributed by atoms with E-state index in [0.717, 1.165) is 36.1 Å². The molecule has 1 aliphatic rings. The molecule has 0 spiro atoms.